The summed E-state index contributed by atoms with van der Waals surface area (Å²) in [4.78, 5) is 13.0. The molecule has 0 unspecified atom stereocenters. The molecule has 1 amide bonds. The molecule has 0 saturated heterocycles. The van der Waals surface area contributed by atoms with Crippen molar-refractivity contribution in [3.05, 3.63) is 47.8 Å². The van der Waals surface area contributed by atoms with E-state index in [1.54, 1.807) is 4.68 Å². The van der Waals surface area contributed by atoms with Gasteiger partial charge in [-0.3, -0.25) is 9.48 Å². The first-order valence-corrected chi connectivity index (χ1v) is 9.41. The van der Waals surface area contributed by atoms with Gasteiger partial charge in [-0.15, -0.1) is 5.10 Å². The summed E-state index contributed by atoms with van der Waals surface area (Å²) in [5.74, 6) is 0.494. The fourth-order valence-corrected chi connectivity index (χ4v) is 3.39. The Morgan fingerprint density at radius 2 is 2.12 bits per heavy atom. The number of benzene rings is 1. The molecule has 3 rings (SSSR count). The molecule has 2 heterocycles. The molecule has 1 aliphatic rings. The average molecular weight is 356 g/mol. The second-order valence-electron chi connectivity index (χ2n) is 7.50. The van der Waals surface area contributed by atoms with Crippen LogP contribution in [0.4, 0.5) is 0 Å². The zero-order valence-corrected chi connectivity index (χ0v) is 15.6. The topological polar surface area (TPSA) is 69.0 Å². The normalized spacial score (nSPS) is 21.7. The molecule has 6 heteroatoms. The molecule has 1 N–H and O–H groups in total. The van der Waals surface area contributed by atoms with E-state index in [1.165, 1.54) is 5.56 Å². The fraction of sp³-hybridized carbons (Fsp3) is 0.550. The number of carbonyl (C=O) groups is 1. The molecule has 1 aliphatic heterocycles. The van der Waals surface area contributed by atoms with E-state index in [0.29, 0.717) is 25.7 Å². The molecule has 2 aromatic rings. The van der Waals surface area contributed by atoms with E-state index in [0.717, 1.165) is 25.0 Å². The van der Waals surface area contributed by atoms with E-state index in [1.807, 2.05) is 24.4 Å². The Morgan fingerprint density at radius 1 is 1.31 bits per heavy atom. The Kier molecular flexibility index (Phi) is 6.39. The summed E-state index contributed by atoms with van der Waals surface area (Å²) in [6, 6.07) is 10.2. The van der Waals surface area contributed by atoms with E-state index in [-0.39, 0.29) is 17.9 Å². The minimum Gasteiger partial charge on any atom is -0.373 e. The predicted octanol–water partition coefficient (Wildman–Crippen LogP) is 2.59. The highest BCUT2D eigenvalue weighted by atomic mass is 16.5. The standard InChI is InChI=1S/C20H28N4O2/c1-15(2)10-18-13-26-14-19-12-24(23-22-19)9-8-17(20(25)21-18)11-16-6-4-3-5-7-16/h3-7,12,15,17-18H,8-11,13-14H2,1-2H3,(H,21,25)/t17-,18-/m1/s1. The molecule has 0 radical (unpaired) electrons. The van der Waals surface area contributed by atoms with Gasteiger partial charge in [-0.05, 0) is 30.7 Å². The summed E-state index contributed by atoms with van der Waals surface area (Å²) >= 11 is 0. The van der Waals surface area contributed by atoms with Crippen molar-refractivity contribution in [3.8, 4) is 0 Å². The first-order chi connectivity index (χ1) is 12.6. The van der Waals surface area contributed by atoms with Crippen LogP contribution < -0.4 is 5.32 Å². The van der Waals surface area contributed by atoms with Gasteiger partial charge in [-0.25, -0.2) is 0 Å². The molecular weight excluding hydrogens is 328 g/mol. The maximum atomic E-state index is 13.0. The van der Waals surface area contributed by atoms with E-state index in [4.69, 9.17) is 4.74 Å². The third-order valence-electron chi connectivity index (χ3n) is 4.66. The van der Waals surface area contributed by atoms with Crippen LogP contribution in [0.15, 0.2) is 36.5 Å². The molecule has 140 valence electrons. The molecule has 2 atom stereocenters. The maximum absolute atomic E-state index is 13.0. The lowest BCUT2D eigenvalue weighted by Crippen LogP contribution is -2.43. The van der Waals surface area contributed by atoms with Gasteiger partial charge < -0.3 is 10.1 Å². The zero-order valence-electron chi connectivity index (χ0n) is 15.6. The molecule has 6 nitrogen and oxygen atoms in total. The van der Waals surface area contributed by atoms with E-state index in [2.05, 4.69) is 41.6 Å². The zero-order chi connectivity index (χ0) is 18.4. The Hall–Kier alpha value is -2.21. The van der Waals surface area contributed by atoms with Crippen LogP contribution in [0.1, 0.15) is 37.9 Å². The number of nitrogens with zero attached hydrogens (tertiary/aromatic N) is 3. The maximum Gasteiger partial charge on any atom is 0.223 e. The third-order valence-corrected chi connectivity index (χ3v) is 4.66. The molecule has 1 aromatic carbocycles. The van der Waals surface area contributed by atoms with E-state index < -0.39 is 0 Å². The summed E-state index contributed by atoms with van der Waals surface area (Å²) in [6.45, 7) is 5.92. The Balaban J connectivity index is 1.77. The first-order valence-electron chi connectivity index (χ1n) is 9.41. The van der Waals surface area contributed by atoms with Gasteiger partial charge >= 0.3 is 0 Å². The number of amides is 1. The number of nitrogens with one attached hydrogen (secondary N) is 1. The highest BCUT2D eigenvalue weighted by Crippen LogP contribution is 2.16. The van der Waals surface area contributed by atoms with Crippen LogP contribution in [-0.2, 0) is 29.1 Å². The van der Waals surface area contributed by atoms with Gasteiger partial charge in [-0.1, -0.05) is 49.4 Å². The van der Waals surface area contributed by atoms with Crippen LogP contribution in [0, 0.1) is 11.8 Å². The first kappa shape index (κ1) is 18.6. The summed E-state index contributed by atoms with van der Waals surface area (Å²) < 4.78 is 7.59. The molecule has 1 aromatic heterocycles. The fourth-order valence-electron chi connectivity index (χ4n) is 3.39. The average Bonchev–Trinajstić information content (AvgIpc) is 3.06. The lowest BCUT2D eigenvalue weighted by Gasteiger charge is -2.24. The second kappa shape index (κ2) is 8.94. The summed E-state index contributed by atoms with van der Waals surface area (Å²) in [6.07, 6.45) is 4.27. The monoisotopic (exact) mass is 356 g/mol. The molecule has 0 spiro atoms. The van der Waals surface area contributed by atoms with Crippen molar-refractivity contribution in [2.75, 3.05) is 6.61 Å². The Labute approximate surface area is 154 Å². The SMILES string of the molecule is CC(C)C[C@@H]1COCc2cn(nn2)CC[C@H](Cc2ccccc2)C(=O)N1. The molecular formula is C20H28N4O2. The number of rotatable bonds is 4. The number of aromatic nitrogens is 3. The van der Waals surface area contributed by atoms with Crippen LogP contribution in [0.3, 0.4) is 0 Å². The Morgan fingerprint density at radius 3 is 2.88 bits per heavy atom. The van der Waals surface area contributed by atoms with Crippen molar-refractivity contribution in [3.63, 3.8) is 0 Å². The Bertz CT molecular complexity index is 699. The number of fused-ring (bicyclic) bond motifs is 2. The largest absolute Gasteiger partial charge is 0.373 e. The number of ether oxygens (including phenoxy) is 1. The van der Waals surface area contributed by atoms with Crippen LogP contribution in [0.25, 0.3) is 0 Å². The quantitative estimate of drug-likeness (QED) is 0.914. The second-order valence-corrected chi connectivity index (χ2v) is 7.50. The molecule has 26 heavy (non-hydrogen) atoms. The summed E-state index contributed by atoms with van der Waals surface area (Å²) in [5, 5.41) is 11.5. The van der Waals surface area contributed by atoms with Crippen molar-refractivity contribution in [2.24, 2.45) is 11.8 Å². The predicted molar refractivity (Wildman–Crippen MR) is 99.3 cm³/mol. The van der Waals surface area contributed by atoms with Gasteiger partial charge in [0.05, 0.1) is 25.5 Å². The minimum atomic E-state index is -0.0980. The number of aryl methyl sites for hydroxylation is 1. The van der Waals surface area contributed by atoms with Crippen LogP contribution in [0.2, 0.25) is 0 Å². The summed E-state index contributed by atoms with van der Waals surface area (Å²) in [5.41, 5.74) is 2.01. The molecule has 0 saturated carbocycles. The van der Waals surface area contributed by atoms with Crippen molar-refractivity contribution in [1.29, 1.82) is 0 Å². The number of hydrogen-bond donors (Lipinski definition) is 1. The van der Waals surface area contributed by atoms with Crippen molar-refractivity contribution in [2.45, 2.75) is 52.3 Å². The van der Waals surface area contributed by atoms with E-state index in [9.17, 15) is 4.79 Å². The van der Waals surface area contributed by atoms with Crippen LogP contribution in [0.5, 0.6) is 0 Å². The van der Waals surface area contributed by atoms with Crippen molar-refractivity contribution >= 4 is 5.91 Å². The van der Waals surface area contributed by atoms with Gasteiger partial charge in [0.25, 0.3) is 0 Å². The number of hydrogen-bond acceptors (Lipinski definition) is 4. The lowest BCUT2D eigenvalue weighted by molar-refractivity contribution is -0.126. The van der Waals surface area contributed by atoms with Crippen molar-refractivity contribution in [1.82, 2.24) is 20.3 Å². The van der Waals surface area contributed by atoms with E-state index >= 15 is 0 Å². The van der Waals surface area contributed by atoms with Crippen LogP contribution >= 0.6 is 0 Å². The smallest absolute Gasteiger partial charge is 0.223 e. The number of carbonyl (C=O) groups excluding carboxylic acids is 1. The minimum absolute atomic E-state index is 0.0234. The van der Waals surface area contributed by atoms with Gasteiger partial charge in [0.1, 0.15) is 5.69 Å². The van der Waals surface area contributed by atoms with Crippen LogP contribution in [-0.4, -0.2) is 33.5 Å². The molecule has 0 aliphatic carbocycles. The van der Waals surface area contributed by atoms with Crippen molar-refractivity contribution < 1.29 is 9.53 Å². The highest BCUT2D eigenvalue weighted by molar-refractivity contribution is 5.79. The highest BCUT2D eigenvalue weighted by Gasteiger charge is 2.23. The molecule has 2 bridgehead atoms. The van der Waals surface area contributed by atoms with Gasteiger partial charge in [0, 0.05) is 12.5 Å². The lowest BCUT2D eigenvalue weighted by atomic mass is 9.94. The third kappa shape index (κ3) is 5.39. The van der Waals surface area contributed by atoms with Gasteiger partial charge in [-0.2, -0.15) is 0 Å². The molecule has 0 fully saturated rings. The summed E-state index contributed by atoms with van der Waals surface area (Å²) in [7, 11) is 0. The van der Waals surface area contributed by atoms with Gasteiger partial charge in [0.2, 0.25) is 5.91 Å². The van der Waals surface area contributed by atoms with Gasteiger partial charge in [0.15, 0.2) is 0 Å².